The van der Waals surface area contributed by atoms with Crippen LogP contribution in [0.3, 0.4) is 0 Å². The van der Waals surface area contributed by atoms with Crippen LogP contribution in [0.15, 0.2) is 72.8 Å². The second-order valence-electron chi connectivity index (χ2n) is 6.29. The van der Waals surface area contributed by atoms with Crippen LogP contribution in [0, 0.1) is 11.6 Å². The zero-order valence-corrected chi connectivity index (χ0v) is 15.0. The van der Waals surface area contributed by atoms with E-state index in [0.29, 0.717) is 17.7 Å². The van der Waals surface area contributed by atoms with E-state index in [0.717, 1.165) is 11.3 Å². The van der Waals surface area contributed by atoms with Gasteiger partial charge in [0.05, 0.1) is 7.11 Å². The van der Waals surface area contributed by atoms with Crippen molar-refractivity contribution in [1.29, 1.82) is 0 Å². The number of benzene rings is 3. The van der Waals surface area contributed by atoms with Crippen molar-refractivity contribution in [2.75, 3.05) is 13.7 Å². The molecule has 3 aromatic carbocycles. The monoisotopic (exact) mass is 369 g/mol. The Labute approximate surface area is 157 Å². The van der Waals surface area contributed by atoms with Crippen molar-refractivity contribution < 1.29 is 18.6 Å². The third-order valence-corrected chi connectivity index (χ3v) is 4.53. The number of rotatable bonds is 7. The number of hydrogen-bond donors (Lipinski definition) is 2. The highest BCUT2D eigenvalue weighted by molar-refractivity contribution is 5.37. The Morgan fingerprint density at radius 3 is 1.89 bits per heavy atom. The van der Waals surface area contributed by atoms with Gasteiger partial charge in [-0.2, -0.15) is 0 Å². The molecule has 0 radical (unpaired) electrons. The van der Waals surface area contributed by atoms with E-state index < -0.39 is 5.60 Å². The molecule has 3 aromatic rings. The second kappa shape index (κ2) is 8.29. The van der Waals surface area contributed by atoms with Gasteiger partial charge in [-0.3, -0.25) is 0 Å². The molecule has 0 heterocycles. The van der Waals surface area contributed by atoms with Gasteiger partial charge in [-0.1, -0.05) is 42.5 Å². The Bertz CT molecular complexity index is 834. The smallest absolute Gasteiger partial charge is 0.127 e. The summed E-state index contributed by atoms with van der Waals surface area (Å²) in [5.74, 6) is -0.0264. The lowest BCUT2D eigenvalue weighted by Crippen LogP contribution is -2.39. The van der Waals surface area contributed by atoms with Gasteiger partial charge >= 0.3 is 0 Å². The SMILES string of the molecule is COc1ccccc1CNCC(O)(c1ccc(F)cc1)c1ccc(F)cc1. The Hall–Kier alpha value is -2.76. The molecule has 3 rings (SSSR count). The number of ether oxygens (including phenoxy) is 1. The summed E-state index contributed by atoms with van der Waals surface area (Å²) in [5, 5.41) is 14.6. The van der Waals surface area contributed by atoms with E-state index in [1.165, 1.54) is 48.5 Å². The maximum absolute atomic E-state index is 13.3. The van der Waals surface area contributed by atoms with Crippen LogP contribution in [0.2, 0.25) is 0 Å². The highest BCUT2D eigenvalue weighted by Gasteiger charge is 2.31. The first kappa shape index (κ1) is 19.0. The summed E-state index contributed by atoms with van der Waals surface area (Å²) in [6.07, 6.45) is 0. The molecular weight excluding hydrogens is 348 g/mol. The van der Waals surface area contributed by atoms with E-state index >= 15 is 0 Å². The Kier molecular flexibility index (Phi) is 5.84. The van der Waals surface area contributed by atoms with Crippen LogP contribution in [0.4, 0.5) is 8.78 Å². The Balaban J connectivity index is 1.86. The highest BCUT2D eigenvalue weighted by atomic mass is 19.1. The van der Waals surface area contributed by atoms with Crippen molar-refractivity contribution in [3.63, 3.8) is 0 Å². The van der Waals surface area contributed by atoms with Crippen LogP contribution < -0.4 is 10.1 Å². The standard InChI is InChI=1S/C22H21F2NO2/c1-27-21-5-3-2-4-16(21)14-25-15-22(26,17-6-10-19(23)11-7-17)18-8-12-20(24)13-9-18/h2-13,25-26H,14-15H2,1H3. The molecule has 0 saturated heterocycles. The molecule has 0 atom stereocenters. The van der Waals surface area contributed by atoms with Crippen molar-refractivity contribution in [2.24, 2.45) is 0 Å². The zero-order chi connectivity index (χ0) is 19.3. The molecule has 3 nitrogen and oxygen atoms in total. The van der Waals surface area contributed by atoms with Crippen LogP contribution in [-0.2, 0) is 12.1 Å². The van der Waals surface area contributed by atoms with Gasteiger partial charge in [0.1, 0.15) is 23.0 Å². The first-order valence-corrected chi connectivity index (χ1v) is 8.60. The first-order valence-electron chi connectivity index (χ1n) is 8.60. The number of halogens is 2. The van der Waals surface area contributed by atoms with Gasteiger partial charge < -0.3 is 15.2 Å². The van der Waals surface area contributed by atoms with Crippen molar-refractivity contribution in [2.45, 2.75) is 12.1 Å². The molecule has 5 heteroatoms. The molecule has 0 amide bonds. The van der Waals surface area contributed by atoms with Gasteiger partial charge in [0.25, 0.3) is 0 Å². The molecule has 0 fully saturated rings. The lowest BCUT2D eigenvalue weighted by atomic mass is 9.86. The number of para-hydroxylation sites is 1. The average molecular weight is 369 g/mol. The lowest BCUT2D eigenvalue weighted by Gasteiger charge is -2.30. The maximum atomic E-state index is 13.3. The number of aliphatic hydroxyl groups is 1. The van der Waals surface area contributed by atoms with Gasteiger partial charge in [0.15, 0.2) is 0 Å². The third-order valence-electron chi connectivity index (χ3n) is 4.53. The van der Waals surface area contributed by atoms with E-state index in [9.17, 15) is 13.9 Å². The molecular formula is C22H21F2NO2. The largest absolute Gasteiger partial charge is 0.496 e. The highest BCUT2D eigenvalue weighted by Crippen LogP contribution is 2.30. The van der Waals surface area contributed by atoms with E-state index in [-0.39, 0.29) is 18.2 Å². The van der Waals surface area contributed by atoms with Gasteiger partial charge in [-0.05, 0) is 41.5 Å². The first-order chi connectivity index (χ1) is 13.0. The van der Waals surface area contributed by atoms with Crippen molar-refractivity contribution >= 4 is 0 Å². The molecule has 140 valence electrons. The molecule has 0 aliphatic rings. The molecule has 0 aliphatic carbocycles. The minimum absolute atomic E-state index is 0.155. The summed E-state index contributed by atoms with van der Waals surface area (Å²) in [7, 11) is 1.60. The number of hydrogen-bond acceptors (Lipinski definition) is 3. The average Bonchev–Trinajstić information content (AvgIpc) is 2.69. The topological polar surface area (TPSA) is 41.5 Å². The summed E-state index contributed by atoms with van der Waals surface area (Å²) in [4.78, 5) is 0. The fourth-order valence-electron chi connectivity index (χ4n) is 3.05. The summed E-state index contributed by atoms with van der Waals surface area (Å²) in [6, 6.07) is 18.9. The second-order valence-corrected chi connectivity index (χ2v) is 6.29. The quantitative estimate of drug-likeness (QED) is 0.661. The van der Waals surface area contributed by atoms with E-state index in [2.05, 4.69) is 5.32 Å². The van der Waals surface area contributed by atoms with Gasteiger partial charge in [0.2, 0.25) is 0 Å². The summed E-state index contributed by atoms with van der Waals surface area (Å²) in [5.41, 5.74) is 0.537. The van der Waals surface area contributed by atoms with Crippen LogP contribution >= 0.6 is 0 Å². The lowest BCUT2D eigenvalue weighted by molar-refractivity contribution is 0.0794. The Morgan fingerprint density at radius 1 is 0.852 bits per heavy atom. The molecule has 0 bridgehead atoms. The van der Waals surface area contributed by atoms with E-state index in [1.807, 2.05) is 24.3 Å². The van der Waals surface area contributed by atoms with Crippen molar-refractivity contribution in [1.82, 2.24) is 5.32 Å². The van der Waals surface area contributed by atoms with E-state index in [1.54, 1.807) is 7.11 Å². The van der Waals surface area contributed by atoms with E-state index in [4.69, 9.17) is 4.74 Å². The van der Waals surface area contributed by atoms with Crippen molar-refractivity contribution in [3.05, 3.63) is 101 Å². The molecule has 0 aromatic heterocycles. The predicted octanol–water partition coefficient (Wildman–Crippen LogP) is 4.00. The fourth-order valence-corrected chi connectivity index (χ4v) is 3.05. The normalized spacial score (nSPS) is 11.4. The van der Waals surface area contributed by atoms with Crippen LogP contribution in [0.25, 0.3) is 0 Å². The minimum Gasteiger partial charge on any atom is -0.496 e. The minimum atomic E-state index is -1.44. The number of methoxy groups -OCH3 is 1. The molecule has 0 saturated carbocycles. The molecule has 27 heavy (non-hydrogen) atoms. The summed E-state index contributed by atoms with van der Waals surface area (Å²) < 4.78 is 32.0. The summed E-state index contributed by atoms with van der Waals surface area (Å²) in [6.45, 7) is 0.622. The van der Waals surface area contributed by atoms with Gasteiger partial charge in [-0.25, -0.2) is 8.78 Å². The molecule has 2 N–H and O–H groups in total. The number of nitrogens with one attached hydrogen (secondary N) is 1. The van der Waals surface area contributed by atoms with Crippen LogP contribution in [-0.4, -0.2) is 18.8 Å². The third kappa shape index (κ3) is 4.32. The fraction of sp³-hybridized carbons (Fsp3) is 0.182. The molecule has 0 aliphatic heterocycles. The Morgan fingerprint density at radius 2 is 1.37 bits per heavy atom. The van der Waals surface area contributed by atoms with Gasteiger partial charge in [0, 0.05) is 18.7 Å². The maximum Gasteiger partial charge on any atom is 0.127 e. The predicted molar refractivity (Wildman–Crippen MR) is 100 cm³/mol. The van der Waals surface area contributed by atoms with Crippen LogP contribution in [0.1, 0.15) is 16.7 Å². The zero-order valence-electron chi connectivity index (χ0n) is 15.0. The molecule has 0 unspecified atom stereocenters. The van der Waals surface area contributed by atoms with Gasteiger partial charge in [-0.15, -0.1) is 0 Å². The van der Waals surface area contributed by atoms with Crippen molar-refractivity contribution in [3.8, 4) is 5.75 Å². The van der Waals surface area contributed by atoms with Crippen LogP contribution in [0.5, 0.6) is 5.75 Å². The summed E-state index contributed by atoms with van der Waals surface area (Å²) >= 11 is 0. The molecule has 0 spiro atoms.